The number of hydrogen-bond acceptors (Lipinski definition) is 5. The van der Waals surface area contributed by atoms with Crippen LogP contribution in [0.25, 0.3) is 0 Å². The van der Waals surface area contributed by atoms with Crippen molar-refractivity contribution in [2.24, 2.45) is 5.73 Å². The highest BCUT2D eigenvalue weighted by atomic mass is 19.1. The maximum absolute atomic E-state index is 13.4. The van der Waals surface area contributed by atoms with Crippen LogP contribution in [0, 0.1) is 24.1 Å². The molecule has 2 aliphatic rings. The molecule has 2 atom stereocenters. The number of rotatable bonds is 3. The van der Waals surface area contributed by atoms with Crippen molar-refractivity contribution in [1.29, 1.82) is 5.26 Å². The lowest BCUT2D eigenvalue weighted by atomic mass is 9.84. The maximum atomic E-state index is 13.4. The van der Waals surface area contributed by atoms with Crippen LogP contribution in [0.3, 0.4) is 0 Å². The molecule has 0 amide bonds. The van der Waals surface area contributed by atoms with Crippen molar-refractivity contribution in [2.45, 2.75) is 38.3 Å². The van der Waals surface area contributed by atoms with Crippen LogP contribution in [0.2, 0.25) is 0 Å². The molecule has 1 fully saturated rings. The van der Waals surface area contributed by atoms with Gasteiger partial charge in [0.05, 0.1) is 24.1 Å². The molecule has 3 heterocycles. The van der Waals surface area contributed by atoms with Gasteiger partial charge in [-0.2, -0.15) is 5.26 Å². The molecule has 1 aromatic heterocycles. The SMILES string of the molecule is Cc1cc2c(c(=O)n1C[C@@H]1CCCO1)[C@@H](c1ccc(F)cc1)C(C#N)=C(N)O2. The van der Waals surface area contributed by atoms with E-state index in [2.05, 4.69) is 6.07 Å². The normalized spacial score (nSPS) is 21.2. The van der Waals surface area contributed by atoms with Gasteiger partial charge in [-0.25, -0.2) is 4.39 Å². The van der Waals surface area contributed by atoms with Crippen molar-refractivity contribution in [2.75, 3.05) is 6.61 Å². The number of nitriles is 1. The average molecular weight is 381 g/mol. The third kappa shape index (κ3) is 3.06. The Morgan fingerprint density at radius 2 is 2.11 bits per heavy atom. The van der Waals surface area contributed by atoms with Gasteiger partial charge in [0, 0.05) is 18.4 Å². The summed E-state index contributed by atoms with van der Waals surface area (Å²) in [6.07, 6.45) is 1.86. The second kappa shape index (κ2) is 7.13. The minimum absolute atomic E-state index is 0.0146. The first-order chi connectivity index (χ1) is 13.5. The summed E-state index contributed by atoms with van der Waals surface area (Å²) >= 11 is 0. The monoisotopic (exact) mass is 381 g/mol. The molecule has 2 aromatic rings. The van der Waals surface area contributed by atoms with Crippen molar-refractivity contribution >= 4 is 0 Å². The molecular weight excluding hydrogens is 361 g/mol. The Hall–Kier alpha value is -3.11. The van der Waals surface area contributed by atoms with Crippen LogP contribution in [0.15, 0.2) is 46.6 Å². The largest absolute Gasteiger partial charge is 0.440 e. The van der Waals surface area contributed by atoms with E-state index in [-0.39, 0.29) is 23.1 Å². The fourth-order valence-corrected chi connectivity index (χ4v) is 3.89. The number of pyridine rings is 1. The van der Waals surface area contributed by atoms with Crippen LogP contribution in [0.5, 0.6) is 5.75 Å². The second-order valence-electron chi connectivity index (χ2n) is 7.09. The molecule has 0 bridgehead atoms. The number of fused-ring (bicyclic) bond motifs is 1. The van der Waals surface area contributed by atoms with E-state index in [1.807, 2.05) is 6.92 Å². The van der Waals surface area contributed by atoms with E-state index in [1.165, 1.54) is 12.1 Å². The van der Waals surface area contributed by atoms with E-state index in [0.717, 1.165) is 18.5 Å². The van der Waals surface area contributed by atoms with Gasteiger partial charge in [-0.1, -0.05) is 12.1 Å². The van der Waals surface area contributed by atoms with Gasteiger partial charge in [0.2, 0.25) is 5.88 Å². The maximum Gasteiger partial charge on any atom is 0.258 e. The van der Waals surface area contributed by atoms with Crippen LogP contribution in [0.1, 0.15) is 35.6 Å². The molecule has 0 saturated carbocycles. The van der Waals surface area contributed by atoms with Gasteiger partial charge in [-0.15, -0.1) is 0 Å². The number of aromatic nitrogens is 1. The van der Waals surface area contributed by atoms with E-state index in [4.69, 9.17) is 15.2 Å². The number of aryl methyl sites for hydroxylation is 1. The van der Waals surface area contributed by atoms with Gasteiger partial charge < -0.3 is 19.8 Å². The van der Waals surface area contributed by atoms with E-state index in [1.54, 1.807) is 22.8 Å². The summed E-state index contributed by atoms with van der Waals surface area (Å²) in [5.74, 6) is -0.818. The quantitative estimate of drug-likeness (QED) is 0.883. The van der Waals surface area contributed by atoms with Crippen LogP contribution < -0.4 is 16.0 Å². The summed E-state index contributed by atoms with van der Waals surface area (Å²) in [5, 5.41) is 9.65. The van der Waals surface area contributed by atoms with Crippen molar-refractivity contribution < 1.29 is 13.9 Å². The highest BCUT2D eigenvalue weighted by molar-refractivity contribution is 5.55. The van der Waals surface area contributed by atoms with E-state index < -0.39 is 11.7 Å². The van der Waals surface area contributed by atoms with Gasteiger partial charge in [0.15, 0.2) is 0 Å². The summed E-state index contributed by atoms with van der Waals surface area (Å²) in [4.78, 5) is 13.4. The Labute approximate surface area is 161 Å². The van der Waals surface area contributed by atoms with Gasteiger partial charge in [-0.3, -0.25) is 4.79 Å². The standard InChI is InChI=1S/C21H20FN3O3/c1-12-9-17-19(21(26)25(12)11-15-3-2-8-27-15)18(16(10-23)20(24)28-17)13-4-6-14(22)7-5-13/h4-7,9,15,18H,2-3,8,11,24H2,1H3/t15-,18-/m0/s1. The molecule has 1 aromatic carbocycles. The van der Waals surface area contributed by atoms with Crippen molar-refractivity contribution in [3.05, 3.63) is 74.8 Å². The second-order valence-corrected chi connectivity index (χ2v) is 7.09. The number of nitrogens with two attached hydrogens (primary N) is 1. The lowest BCUT2D eigenvalue weighted by molar-refractivity contribution is 0.0955. The molecule has 2 N–H and O–H groups in total. The van der Waals surface area contributed by atoms with Gasteiger partial charge in [0.25, 0.3) is 5.56 Å². The number of hydrogen-bond donors (Lipinski definition) is 1. The van der Waals surface area contributed by atoms with Crippen molar-refractivity contribution in [1.82, 2.24) is 4.57 Å². The summed E-state index contributed by atoms with van der Waals surface area (Å²) in [6, 6.07) is 9.53. The fourth-order valence-electron chi connectivity index (χ4n) is 3.89. The smallest absolute Gasteiger partial charge is 0.258 e. The Kier molecular flexibility index (Phi) is 4.65. The van der Waals surface area contributed by atoms with Crippen LogP contribution >= 0.6 is 0 Å². The first-order valence-corrected chi connectivity index (χ1v) is 9.18. The lowest BCUT2D eigenvalue weighted by Crippen LogP contribution is -2.35. The number of ether oxygens (including phenoxy) is 2. The van der Waals surface area contributed by atoms with Crippen molar-refractivity contribution in [3.8, 4) is 11.8 Å². The zero-order valence-corrected chi connectivity index (χ0v) is 15.4. The molecule has 144 valence electrons. The highest BCUT2D eigenvalue weighted by Gasteiger charge is 2.34. The third-order valence-corrected chi connectivity index (χ3v) is 5.30. The predicted octanol–water partition coefficient (Wildman–Crippen LogP) is 2.69. The van der Waals surface area contributed by atoms with Crippen LogP contribution in [-0.4, -0.2) is 17.3 Å². The summed E-state index contributed by atoms with van der Waals surface area (Å²) in [5.41, 5.74) is 7.52. The lowest BCUT2D eigenvalue weighted by Gasteiger charge is -2.27. The Balaban J connectivity index is 1.89. The first-order valence-electron chi connectivity index (χ1n) is 9.18. The third-order valence-electron chi connectivity index (χ3n) is 5.30. The molecule has 7 heteroatoms. The van der Waals surface area contributed by atoms with Crippen molar-refractivity contribution in [3.63, 3.8) is 0 Å². The molecule has 1 saturated heterocycles. The van der Waals surface area contributed by atoms with Gasteiger partial charge in [0.1, 0.15) is 23.2 Å². The Bertz CT molecular complexity index is 1040. The molecule has 0 unspecified atom stereocenters. The summed E-state index contributed by atoms with van der Waals surface area (Å²) < 4.78 is 26.4. The topological polar surface area (TPSA) is 90.3 Å². The van der Waals surface area contributed by atoms with Gasteiger partial charge >= 0.3 is 0 Å². The number of halogens is 1. The summed E-state index contributed by atoms with van der Waals surface area (Å²) in [6.45, 7) is 2.96. The molecule has 28 heavy (non-hydrogen) atoms. The zero-order chi connectivity index (χ0) is 19.8. The minimum Gasteiger partial charge on any atom is -0.440 e. The van der Waals surface area contributed by atoms with Crippen LogP contribution in [-0.2, 0) is 11.3 Å². The number of allylic oxidation sites excluding steroid dienone is 1. The predicted molar refractivity (Wildman–Crippen MR) is 100 cm³/mol. The van der Waals surface area contributed by atoms with E-state index in [0.29, 0.717) is 30.0 Å². The summed E-state index contributed by atoms with van der Waals surface area (Å²) in [7, 11) is 0. The first kappa shape index (κ1) is 18.3. The van der Waals surface area contributed by atoms with Gasteiger partial charge in [-0.05, 0) is 37.5 Å². The minimum atomic E-state index is -0.710. The number of nitrogens with zero attached hydrogens (tertiary/aromatic N) is 2. The molecule has 0 spiro atoms. The van der Waals surface area contributed by atoms with E-state index in [9.17, 15) is 14.4 Å². The zero-order valence-electron chi connectivity index (χ0n) is 15.4. The highest BCUT2D eigenvalue weighted by Crippen LogP contribution is 2.40. The fraction of sp³-hybridized carbons (Fsp3) is 0.333. The number of benzene rings is 1. The molecule has 6 nitrogen and oxygen atoms in total. The molecule has 0 aliphatic carbocycles. The Morgan fingerprint density at radius 3 is 2.75 bits per heavy atom. The molecule has 2 aliphatic heterocycles. The van der Waals surface area contributed by atoms with E-state index >= 15 is 0 Å². The molecule has 4 rings (SSSR count). The average Bonchev–Trinajstić information content (AvgIpc) is 3.18. The Morgan fingerprint density at radius 1 is 1.36 bits per heavy atom. The molecule has 0 radical (unpaired) electrons. The molecular formula is C21H20FN3O3. The van der Waals surface area contributed by atoms with Crippen LogP contribution in [0.4, 0.5) is 4.39 Å².